The molecule has 0 bridgehead atoms. The molecule has 2 atom stereocenters. The highest BCUT2D eigenvalue weighted by Gasteiger charge is 2.22. The zero-order valence-electron chi connectivity index (χ0n) is 8.90. The Morgan fingerprint density at radius 2 is 1.64 bits per heavy atom. The van der Waals surface area contributed by atoms with Gasteiger partial charge in [-0.2, -0.15) is 0 Å². The van der Waals surface area contributed by atoms with Gasteiger partial charge in [0.25, 0.3) is 0 Å². The summed E-state index contributed by atoms with van der Waals surface area (Å²) in [6.07, 6.45) is -1.43. The lowest BCUT2D eigenvalue weighted by atomic mass is 10.4. The molecule has 0 saturated carbocycles. The van der Waals surface area contributed by atoms with Crippen LogP contribution in [0.2, 0.25) is 0 Å². The van der Waals surface area contributed by atoms with Crippen molar-refractivity contribution in [1.82, 2.24) is 0 Å². The molecule has 0 aliphatic rings. The van der Waals surface area contributed by atoms with E-state index in [1.54, 1.807) is 13.8 Å². The molecular formula is C9H16O5. The second-order valence-corrected chi connectivity index (χ2v) is 2.75. The van der Waals surface area contributed by atoms with Crippen LogP contribution in [0.5, 0.6) is 0 Å². The third kappa shape index (κ3) is 5.53. The first kappa shape index (κ1) is 12.9. The van der Waals surface area contributed by atoms with E-state index in [0.717, 1.165) is 0 Å². The average molecular weight is 204 g/mol. The first-order valence-electron chi connectivity index (χ1n) is 4.43. The van der Waals surface area contributed by atoms with E-state index in [1.165, 1.54) is 13.8 Å². The molecule has 0 radical (unpaired) electrons. The Bertz CT molecular complexity index is 201. The quantitative estimate of drug-likeness (QED) is 0.491. The van der Waals surface area contributed by atoms with Crippen LogP contribution in [-0.2, 0) is 23.8 Å². The van der Waals surface area contributed by atoms with E-state index in [4.69, 9.17) is 14.2 Å². The minimum absolute atomic E-state index is 0.379. The van der Waals surface area contributed by atoms with Crippen molar-refractivity contribution in [3.63, 3.8) is 0 Å². The maximum atomic E-state index is 10.7. The zero-order chi connectivity index (χ0) is 11.1. The predicted molar refractivity (Wildman–Crippen MR) is 48.4 cm³/mol. The summed E-state index contributed by atoms with van der Waals surface area (Å²) in [5, 5.41) is 0. The van der Waals surface area contributed by atoms with E-state index in [0.29, 0.717) is 6.61 Å². The topological polar surface area (TPSA) is 61.8 Å². The molecule has 2 unspecified atom stereocenters. The van der Waals surface area contributed by atoms with E-state index in [9.17, 15) is 9.59 Å². The number of carbonyl (C=O) groups excluding carboxylic acids is 2. The average Bonchev–Trinajstić information content (AvgIpc) is 2.01. The molecule has 0 aliphatic carbocycles. The van der Waals surface area contributed by atoms with Crippen LogP contribution >= 0.6 is 0 Å². The highest BCUT2D eigenvalue weighted by molar-refractivity contribution is 5.67. The number of hydrogen-bond donors (Lipinski definition) is 0. The van der Waals surface area contributed by atoms with Crippen molar-refractivity contribution in [1.29, 1.82) is 0 Å². The van der Waals surface area contributed by atoms with Crippen LogP contribution in [0.25, 0.3) is 0 Å². The van der Waals surface area contributed by atoms with Gasteiger partial charge in [0.15, 0.2) is 6.10 Å². The van der Waals surface area contributed by atoms with Crippen molar-refractivity contribution in [3.05, 3.63) is 0 Å². The van der Waals surface area contributed by atoms with Crippen molar-refractivity contribution in [2.45, 2.75) is 40.1 Å². The van der Waals surface area contributed by atoms with Crippen LogP contribution in [0, 0.1) is 0 Å². The van der Waals surface area contributed by atoms with Gasteiger partial charge >= 0.3 is 11.9 Å². The molecular weight excluding hydrogens is 188 g/mol. The molecule has 0 aliphatic heterocycles. The second kappa shape index (κ2) is 6.37. The molecule has 0 aromatic rings. The minimum Gasteiger partial charge on any atom is -0.456 e. The molecule has 0 heterocycles. The lowest BCUT2D eigenvalue weighted by Gasteiger charge is -2.22. The minimum atomic E-state index is -0.832. The van der Waals surface area contributed by atoms with Crippen molar-refractivity contribution in [2.75, 3.05) is 6.61 Å². The Morgan fingerprint density at radius 3 is 2.00 bits per heavy atom. The SMILES string of the molecule is CCOC(OC(C)=O)C(C)OC(C)=O. The van der Waals surface area contributed by atoms with Gasteiger partial charge in [0.05, 0.1) is 0 Å². The van der Waals surface area contributed by atoms with Crippen molar-refractivity contribution < 1.29 is 23.8 Å². The summed E-state index contributed by atoms with van der Waals surface area (Å²) < 4.78 is 14.7. The summed E-state index contributed by atoms with van der Waals surface area (Å²) in [5.41, 5.74) is 0. The van der Waals surface area contributed by atoms with E-state index < -0.39 is 24.3 Å². The summed E-state index contributed by atoms with van der Waals surface area (Å²) in [5.74, 6) is -0.906. The normalized spacial score (nSPS) is 14.3. The van der Waals surface area contributed by atoms with Gasteiger partial charge in [0, 0.05) is 20.5 Å². The first-order chi connectivity index (χ1) is 6.47. The number of esters is 2. The number of rotatable bonds is 5. The molecule has 0 fully saturated rings. The predicted octanol–water partition coefficient (Wildman–Crippen LogP) is 0.864. The summed E-state index contributed by atoms with van der Waals surface area (Å²) in [6, 6.07) is 0. The second-order valence-electron chi connectivity index (χ2n) is 2.75. The van der Waals surface area contributed by atoms with Crippen LogP contribution in [0.15, 0.2) is 0 Å². The third-order valence-electron chi connectivity index (χ3n) is 1.35. The van der Waals surface area contributed by atoms with Crippen LogP contribution in [-0.4, -0.2) is 30.9 Å². The molecule has 0 rings (SSSR count). The van der Waals surface area contributed by atoms with Gasteiger partial charge in [0.2, 0.25) is 6.29 Å². The zero-order valence-corrected chi connectivity index (χ0v) is 8.90. The van der Waals surface area contributed by atoms with Gasteiger partial charge < -0.3 is 14.2 Å². The van der Waals surface area contributed by atoms with Gasteiger partial charge in [-0.15, -0.1) is 0 Å². The smallest absolute Gasteiger partial charge is 0.305 e. The number of hydrogen-bond acceptors (Lipinski definition) is 5. The van der Waals surface area contributed by atoms with Gasteiger partial charge in [-0.3, -0.25) is 9.59 Å². The lowest BCUT2D eigenvalue weighted by Crippen LogP contribution is -2.34. The molecule has 0 amide bonds. The van der Waals surface area contributed by atoms with Crippen LogP contribution < -0.4 is 0 Å². The van der Waals surface area contributed by atoms with E-state index >= 15 is 0 Å². The molecule has 5 heteroatoms. The lowest BCUT2D eigenvalue weighted by molar-refractivity contribution is -0.206. The van der Waals surface area contributed by atoms with E-state index in [-0.39, 0.29) is 0 Å². The van der Waals surface area contributed by atoms with Crippen LogP contribution in [0.3, 0.4) is 0 Å². The fraction of sp³-hybridized carbons (Fsp3) is 0.778. The molecule has 14 heavy (non-hydrogen) atoms. The number of carbonyl (C=O) groups is 2. The van der Waals surface area contributed by atoms with Crippen molar-refractivity contribution >= 4 is 11.9 Å². The first-order valence-corrected chi connectivity index (χ1v) is 4.43. The van der Waals surface area contributed by atoms with E-state index in [2.05, 4.69) is 0 Å². The molecule has 82 valence electrons. The molecule has 0 N–H and O–H groups in total. The van der Waals surface area contributed by atoms with Crippen LogP contribution in [0.4, 0.5) is 0 Å². The van der Waals surface area contributed by atoms with Gasteiger partial charge in [-0.25, -0.2) is 0 Å². The van der Waals surface area contributed by atoms with Gasteiger partial charge in [0.1, 0.15) is 0 Å². The monoisotopic (exact) mass is 204 g/mol. The maximum absolute atomic E-state index is 10.7. The van der Waals surface area contributed by atoms with Gasteiger partial charge in [-0.05, 0) is 13.8 Å². The molecule has 0 spiro atoms. The standard InChI is InChI=1S/C9H16O5/c1-5-12-9(14-8(4)11)6(2)13-7(3)10/h6,9H,5H2,1-4H3. The van der Waals surface area contributed by atoms with Crippen molar-refractivity contribution in [2.24, 2.45) is 0 Å². The van der Waals surface area contributed by atoms with Crippen molar-refractivity contribution in [3.8, 4) is 0 Å². The fourth-order valence-electron chi connectivity index (χ4n) is 0.911. The molecule has 0 aromatic carbocycles. The fourth-order valence-corrected chi connectivity index (χ4v) is 0.911. The largest absolute Gasteiger partial charge is 0.456 e. The summed E-state index contributed by atoms with van der Waals surface area (Å²) in [4.78, 5) is 21.3. The Hall–Kier alpha value is -1.10. The summed E-state index contributed by atoms with van der Waals surface area (Å²) in [6.45, 7) is 6.30. The van der Waals surface area contributed by atoms with Gasteiger partial charge in [-0.1, -0.05) is 0 Å². The Kier molecular flexibility index (Phi) is 5.87. The molecule has 0 aromatic heterocycles. The third-order valence-corrected chi connectivity index (χ3v) is 1.35. The Morgan fingerprint density at radius 1 is 1.14 bits per heavy atom. The van der Waals surface area contributed by atoms with E-state index in [1.807, 2.05) is 0 Å². The number of ether oxygens (including phenoxy) is 3. The highest BCUT2D eigenvalue weighted by atomic mass is 16.7. The Labute approximate surface area is 83.3 Å². The molecule has 0 saturated heterocycles. The Balaban J connectivity index is 4.16. The summed E-state index contributed by atoms with van der Waals surface area (Å²) >= 11 is 0. The highest BCUT2D eigenvalue weighted by Crippen LogP contribution is 2.06. The maximum Gasteiger partial charge on any atom is 0.305 e. The summed E-state index contributed by atoms with van der Waals surface area (Å²) in [7, 11) is 0. The molecule has 5 nitrogen and oxygen atoms in total. The van der Waals surface area contributed by atoms with Crippen LogP contribution in [0.1, 0.15) is 27.7 Å².